The molecule has 0 bridgehead atoms. The molecule has 5 nitrogen and oxygen atoms in total. The van der Waals surface area contributed by atoms with Crippen LogP contribution in [0.4, 0.5) is 5.13 Å². The lowest BCUT2D eigenvalue weighted by Gasteiger charge is -2.29. The van der Waals surface area contributed by atoms with Crippen molar-refractivity contribution in [2.75, 3.05) is 18.0 Å². The number of rotatable bonds is 3. The van der Waals surface area contributed by atoms with E-state index < -0.39 is 5.97 Å². The van der Waals surface area contributed by atoms with Crippen molar-refractivity contribution in [3.63, 3.8) is 0 Å². The third-order valence-corrected chi connectivity index (χ3v) is 4.92. The summed E-state index contributed by atoms with van der Waals surface area (Å²) in [6.07, 6.45) is 1.16. The number of carboxylic acid groups (broad SMARTS) is 1. The average Bonchev–Trinajstić information content (AvgIpc) is 2.88. The van der Waals surface area contributed by atoms with Gasteiger partial charge in [0.2, 0.25) is 0 Å². The predicted molar refractivity (Wildman–Crippen MR) is 86.6 cm³/mol. The summed E-state index contributed by atoms with van der Waals surface area (Å²) < 4.78 is 0.647. The van der Waals surface area contributed by atoms with Crippen LogP contribution in [-0.2, 0) is 0 Å². The van der Waals surface area contributed by atoms with Gasteiger partial charge in [0.15, 0.2) is 10.8 Å². The number of hydrogen-bond donors (Lipinski definition) is 1. The van der Waals surface area contributed by atoms with Crippen LogP contribution in [-0.4, -0.2) is 34.1 Å². The van der Waals surface area contributed by atoms with E-state index in [1.807, 2.05) is 30.3 Å². The van der Waals surface area contributed by atoms with Gasteiger partial charge in [-0.2, -0.15) is 4.98 Å². The number of hydrogen-bond acceptors (Lipinski definition) is 5. The quantitative estimate of drug-likeness (QED) is 0.804. The van der Waals surface area contributed by atoms with E-state index in [-0.39, 0.29) is 5.56 Å². The lowest BCUT2D eigenvalue weighted by Crippen LogP contribution is -2.36. The van der Waals surface area contributed by atoms with Crippen molar-refractivity contribution in [2.45, 2.75) is 6.42 Å². The van der Waals surface area contributed by atoms with Crippen LogP contribution in [0.15, 0.2) is 36.4 Å². The Labute approximate surface area is 130 Å². The highest BCUT2D eigenvalue weighted by atomic mass is 32.1. The van der Waals surface area contributed by atoms with Gasteiger partial charge in [-0.05, 0) is 12.5 Å². The molecule has 1 N–H and O–H groups in total. The zero-order valence-corrected chi connectivity index (χ0v) is 12.5. The standard InChI is InChI=1S/C16H13N3O2S/c20-15(21)11-9-12(10-5-2-1-3-6-10)17-14-13(11)22-16(18-14)19-7-4-8-19/h1-3,5-6,9H,4,7-8H2,(H,20,21). The van der Waals surface area contributed by atoms with Crippen molar-refractivity contribution in [3.05, 3.63) is 42.0 Å². The fourth-order valence-corrected chi connectivity index (χ4v) is 3.52. The molecule has 1 saturated heterocycles. The Bertz CT molecular complexity index is 856. The Balaban J connectivity index is 1.91. The molecule has 0 atom stereocenters. The lowest BCUT2D eigenvalue weighted by molar-refractivity contribution is 0.0699. The van der Waals surface area contributed by atoms with E-state index in [2.05, 4.69) is 14.9 Å². The molecule has 0 unspecified atom stereocenters. The molecular formula is C16H13N3O2S. The zero-order chi connectivity index (χ0) is 15.1. The second-order valence-corrected chi connectivity index (χ2v) is 6.19. The summed E-state index contributed by atoms with van der Waals surface area (Å²) in [5, 5.41) is 10.4. The zero-order valence-electron chi connectivity index (χ0n) is 11.7. The minimum absolute atomic E-state index is 0.271. The molecule has 22 heavy (non-hydrogen) atoms. The Morgan fingerprint density at radius 1 is 1.18 bits per heavy atom. The normalized spacial score (nSPS) is 14.1. The van der Waals surface area contributed by atoms with Crippen LogP contribution < -0.4 is 4.90 Å². The minimum atomic E-state index is -0.941. The number of anilines is 1. The topological polar surface area (TPSA) is 66.3 Å². The number of aromatic nitrogens is 2. The van der Waals surface area contributed by atoms with Crippen LogP contribution in [0.2, 0.25) is 0 Å². The van der Waals surface area contributed by atoms with Gasteiger partial charge in [-0.3, -0.25) is 0 Å². The Kier molecular flexibility index (Phi) is 3.04. The maximum atomic E-state index is 11.6. The van der Waals surface area contributed by atoms with Crippen LogP contribution in [0.5, 0.6) is 0 Å². The number of pyridine rings is 1. The SMILES string of the molecule is O=C(O)c1cc(-c2ccccc2)nc2nc(N3CCC3)sc12. The predicted octanol–water partition coefficient (Wildman–Crippen LogP) is 3.27. The molecule has 0 amide bonds. The molecule has 2 aromatic heterocycles. The number of benzene rings is 1. The summed E-state index contributed by atoms with van der Waals surface area (Å²) >= 11 is 1.41. The molecule has 110 valence electrons. The number of carbonyl (C=O) groups is 1. The van der Waals surface area contributed by atoms with Gasteiger partial charge in [0, 0.05) is 18.7 Å². The van der Waals surface area contributed by atoms with Gasteiger partial charge >= 0.3 is 5.97 Å². The summed E-state index contributed by atoms with van der Waals surface area (Å²) in [5.41, 5.74) is 2.33. The maximum Gasteiger partial charge on any atom is 0.337 e. The van der Waals surface area contributed by atoms with Gasteiger partial charge in [-0.1, -0.05) is 41.7 Å². The molecule has 1 aromatic carbocycles. The number of carboxylic acids is 1. The van der Waals surface area contributed by atoms with Gasteiger partial charge in [0.05, 0.1) is 16.0 Å². The Morgan fingerprint density at radius 3 is 2.59 bits per heavy atom. The second-order valence-electron chi connectivity index (χ2n) is 5.22. The van der Waals surface area contributed by atoms with Crippen molar-refractivity contribution in [3.8, 4) is 11.3 Å². The molecule has 1 fully saturated rings. The van der Waals surface area contributed by atoms with E-state index in [4.69, 9.17) is 0 Å². The lowest BCUT2D eigenvalue weighted by atomic mass is 10.1. The Hall–Kier alpha value is -2.47. The third-order valence-electron chi connectivity index (χ3n) is 3.78. The first kappa shape index (κ1) is 13.2. The van der Waals surface area contributed by atoms with Gasteiger partial charge in [-0.25, -0.2) is 9.78 Å². The second kappa shape index (κ2) is 5.06. The van der Waals surface area contributed by atoms with Gasteiger partial charge in [0.25, 0.3) is 0 Å². The highest BCUT2D eigenvalue weighted by Gasteiger charge is 2.22. The summed E-state index contributed by atoms with van der Waals surface area (Å²) in [6.45, 7) is 1.96. The first-order chi connectivity index (χ1) is 10.7. The fraction of sp³-hybridized carbons (Fsp3) is 0.188. The fourth-order valence-electron chi connectivity index (χ4n) is 2.46. The molecule has 1 aliphatic heterocycles. The molecule has 4 rings (SSSR count). The van der Waals surface area contributed by atoms with Gasteiger partial charge in [-0.15, -0.1) is 0 Å². The largest absolute Gasteiger partial charge is 0.478 e. The number of nitrogens with zero attached hydrogens (tertiary/aromatic N) is 3. The number of aromatic carboxylic acids is 1. The molecule has 0 aliphatic carbocycles. The van der Waals surface area contributed by atoms with E-state index >= 15 is 0 Å². The van der Waals surface area contributed by atoms with Crippen molar-refractivity contribution < 1.29 is 9.90 Å². The van der Waals surface area contributed by atoms with E-state index in [1.54, 1.807) is 6.07 Å². The molecule has 0 spiro atoms. The molecule has 3 aromatic rings. The Morgan fingerprint density at radius 2 is 1.95 bits per heavy atom. The van der Waals surface area contributed by atoms with Crippen LogP contribution in [0, 0.1) is 0 Å². The highest BCUT2D eigenvalue weighted by molar-refractivity contribution is 7.22. The molecular weight excluding hydrogens is 298 g/mol. The first-order valence-electron chi connectivity index (χ1n) is 7.07. The van der Waals surface area contributed by atoms with Gasteiger partial charge < -0.3 is 10.0 Å². The summed E-state index contributed by atoms with van der Waals surface area (Å²) in [5.74, 6) is -0.941. The first-order valence-corrected chi connectivity index (χ1v) is 7.89. The van der Waals surface area contributed by atoms with Crippen molar-refractivity contribution in [1.82, 2.24) is 9.97 Å². The van der Waals surface area contributed by atoms with Crippen LogP contribution in [0.3, 0.4) is 0 Å². The minimum Gasteiger partial charge on any atom is -0.478 e. The maximum absolute atomic E-state index is 11.6. The van der Waals surface area contributed by atoms with Crippen molar-refractivity contribution >= 4 is 32.8 Å². The molecule has 0 radical (unpaired) electrons. The van der Waals surface area contributed by atoms with Crippen LogP contribution in [0.25, 0.3) is 21.6 Å². The summed E-state index contributed by atoms with van der Waals surface area (Å²) in [6, 6.07) is 11.2. The van der Waals surface area contributed by atoms with Crippen LogP contribution in [0.1, 0.15) is 16.8 Å². The molecule has 0 saturated carbocycles. The van der Waals surface area contributed by atoms with E-state index in [1.165, 1.54) is 11.3 Å². The number of fused-ring (bicyclic) bond motifs is 1. The monoisotopic (exact) mass is 311 g/mol. The van der Waals surface area contributed by atoms with Gasteiger partial charge in [0.1, 0.15) is 0 Å². The van der Waals surface area contributed by atoms with Crippen molar-refractivity contribution in [1.29, 1.82) is 0 Å². The van der Waals surface area contributed by atoms with Crippen molar-refractivity contribution in [2.24, 2.45) is 0 Å². The highest BCUT2D eigenvalue weighted by Crippen LogP contribution is 2.34. The molecule has 1 aliphatic rings. The van der Waals surface area contributed by atoms with E-state index in [0.29, 0.717) is 16.0 Å². The third kappa shape index (κ3) is 2.12. The smallest absolute Gasteiger partial charge is 0.337 e. The average molecular weight is 311 g/mol. The van der Waals surface area contributed by atoms with E-state index in [0.717, 1.165) is 30.2 Å². The summed E-state index contributed by atoms with van der Waals surface area (Å²) in [4.78, 5) is 22.8. The molecule has 3 heterocycles. The molecule has 6 heteroatoms. The van der Waals surface area contributed by atoms with Crippen LogP contribution >= 0.6 is 11.3 Å². The van der Waals surface area contributed by atoms with E-state index in [9.17, 15) is 9.90 Å². The number of thiazole rings is 1. The summed E-state index contributed by atoms with van der Waals surface area (Å²) in [7, 11) is 0.